The van der Waals surface area contributed by atoms with Gasteiger partial charge in [-0.25, -0.2) is 9.59 Å². The quantitative estimate of drug-likeness (QED) is 0.664. The van der Waals surface area contributed by atoms with Gasteiger partial charge in [0.05, 0.1) is 12.8 Å². The maximum Gasteiger partial charge on any atom is 0.342 e. The van der Waals surface area contributed by atoms with E-state index in [2.05, 4.69) is 21.2 Å². The molecule has 0 bridgehead atoms. The van der Waals surface area contributed by atoms with Crippen molar-refractivity contribution in [3.63, 3.8) is 0 Å². The van der Waals surface area contributed by atoms with Crippen molar-refractivity contribution in [2.24, 2.45) is 0 Å². The molecule has 0 spiro atoms. The van der Waals surface area contributed by atoms with Gasteiger partial charge in [0.2, 0.25) is 0 Å². The molecular weight excluding hydrogens is 384 g/mol. The summed E-state index contributed by atoms with van der Waals surface area (Å²) in [5.74, 6) is -1.45. The van der Waals surface area contributed by atoms with Gasteiger partial charge in [0.25, 0.3) is 5.91 Å². The van der Waals surface area contributed by atoms with Crippen molar-refractivity contribution in [3.8, 4) is 5.75 Å². The number of furan rings is 1. The smallest absolute Gasteiger partial charge is 0.342 e. The van der Waals surface area contributed by atoms with Crippen LogP contribution in [0.2, 0.25) is 0 Å². The van der Waals surface area contributed by atoms with Gasteiger partial charge in [-0.15, -0.1) is 0 Å². The maximum atomic E-state index is 11.8. The second-order valence-corrected chi connectivity index (χ2v) is 5.46. The molecule has 0 fully saturated rings. The van der Waals surface area contributed by atoms with Gasteiger partial charge < -0.3 is 19.6 Å². The zero-order valence-electron chi connectivity index (χ0n) is 12.2. The molecule has 2 rings (SSSR count). The number of esters is 1. The van der Waals surface area contributed by atoms with E-state index in [-0.39, 0.29) is 17.9 Å². The summed E-state index contributed by atoms with van der Waals surface area (Å²) in [6, 6.07) is 6.78. The highest BCUT2D eigenvalue weighted by atomic mass is 79.9. The third-order valence-electron chi connectivity index (χ3n) is 2.77. The number of urea groups is 1. The molecule has 0 unspecified atom stereocenters. The molecule has 0 saturated heterocycles. The van der Waals surface area contributed by atoms with Gasteiger partial charge in [-0.3, -0.25) is 10.1 Å². The standard InChI is InChI=1S/C15H13BrN2O6/c16-9-3-4-12(19)11(6-9)14(21)24-8-13(20)18-15(22)17-7-10-2-1-5-23-10/h1-6,19H,7-8H2,(H2,17,18,20,22). The van der Waals surface area contributed by atoms with Crippen molar-refractivity contribution in [2.45, 2.75) is 6.54 Å². The largest absolute Gasteiger partial charge is 0.507 e. The number of carbonyl (C=O) groups excluding carboxylic acids is 3. The molecule has 126 valence electrons. The molecule has 8 nitrogen and oxygen atoms in total. The highest BCUT2D eigenvalue weighted by molar-refractivity contribution is 9.10. The summed E-state index contributed by atoms with van der Waals surface area (Å²) < 4.78 is 10.3. The Kier molecular flexibility index (Phi) is 5.96. The Morgan fingerprint density at radius 3 is 2.75 bits per heavy atom. The molecule has 0 atom stereocenters. The van der Waals surface area contributed by atoms with Crippen molar-refractivity contribution in [3.05, 3.63) is 52.4 Å². The maximum absolute atomic E-state index is 11.8. The minimum atomic E-state index is -0.889. The zero-order chi connectivity index (χ0) is 17.5. The van der Waals surface area contributed by atoms with Crippen LogP contribution in [0.5, 0.6) is 5.75 Å². The Bertz CT molecular complexity index is 744. The Balaban J connectivity index is 1.77. The second kappa shape index (κ2) is 8.16. The van der Waals surface area contributed by atoms with E-state index in [0.717, 1.165) is 0 Å². The average Bonchev–Trinajstić information content (AvgIpc) is 3.06. The number of aromatic hydroxyl groups is 1. The topological polar surface area (TPSA) is 118 Å². The molecule has 3 amide bonds. The molecular formula is C15H13BrN2O6. The molecule has 0 aliphatic carbocycles. The number of ether oxygens (including phenoxy) is 1. The number of hydrogen-bond acceptors (Lipinski definition) is 6. The fourth-order valence-corrected chi connectivity index (χ4v) is 2.03. The van der Waals surface area contributed by atoms with Gasteiger partial charge >= 0.3 is 12.0 Å². The number of halogens is 1. The van der Waals surface area contributed by atoms with Crippen molar-refractivity contribution in [1.29, 1.82) is 0 Å². The van der Waals surface area contributed by atoms with Gasteiger partial charge in [0.15, 0.2) is 6.61 Å². The van der Waals surface area contributed by atoms with E-state index < -0.39 is 24.5 Å². The van der Waals surface area contributed by atoms with Crippen LogP contribution in [0, 0.1) is 0 Å². The molecule has 1 aromatic carbocycles. The number of benzene rings is 1. The Labute approximate surface area is 144 Å². The van der Waals surface area contributed by atoms with Crippen molar-refractivity contribution in [2.75, 3.05) is 6.61 Å². The minimum Gasteiger partial charge on any atom is -0.507 e. The van der Waals surface area contributed by atoms with Gasteiger partial charge in [-0.2, -0.15) is 0 Å². The lowest BCUT2D eigenvalue weighted by atomic mass is 10.2. The number of carbonyl (C=O) groups is 3. The van der Waals surface area contributed by atoms with Gasteiger partial charge in [0.1, 0.15) is 17.1 Å². The van der Waals surface area contributed by atoms with Gasteiger partial charge in [-0.05, 0) is 30.3 Å². The number of rotatable bonds is 5. The number of imide groups is 1. The van der Waals surface area contributed by atoms with Crippen LogP contribution < -0.4 is 10.6 Å². The van der Waals surface area contributed by atoms with Crippen LogP contribution in [0.4, 0.5) is 4.79 Å². The van der Waals surface area contributed by atoms with E-state index in [9.17, 15) is 19.5 Å². The summed E-state index contributed by atoms with van der Waals surface area (Å²) in [4.78, 5) is 34.8. The second-order valence-electron chi connectivity index (χ2n) is 4.55. The van der Waals surface area contributed by atoms with Crippen LogP contribution in [0.15, 0.2) is 45.5 Å². The average molecular weight is 397 g/mol. The first-order valence-electron chi connectivity index (χ1n) is 6.71. The van der Waals surface area contributed by atoms with Crippen LogP contribution in [0.3, 0.4) is 0 Å². The molecule has 0 saturated carbocycles. The van der Waals surface area contributed by atoms with E-state index in [1.807, 2.05) is 5.32 Å². The SMILES string of the molecule is O=C(COC(=O)c1cc(Br)ccc1O)NC(=O)NCc1ccco1. The third-order valence-corrected chi connectivity index (χ3v) is 3.26. The zero-order valence-corrected chi connectivity index (χ0v) is 13.8. The normalized spacial score (nSPS) is 10.0. The highest BCUT2D eigenvalue weighted by Gasteiger charge is 2.16. The summed E-state index contributed by atoms with van der Waals surface area (Å²) in [7, 11) is 0. The molecule has 0 radical (unpaired) electrons. The van der Waals surface area contributed by atoms with Gasteiger partial charge in [0, 0.05) is 4.47 Å². The fourth-order valence-electron chi connectivity index (χ4n) is 1.67. The predicted octanol–water partition coefficient (Wildman–Crippen LogP) is 1.93. The molecule has 0 aliphatic heterocycles. The van der Waals surface area contributed by atoms with E-state index in [1.165, 1.54) is 18.4 Å². The van der Waals surface area contributed by atoms with E-state index in [4.69, 9.17) is 9.15 Å². The minimum absolute atomic E-state index is 0.0977. The monoisotopic (exact) mass is 396 g/mol. The molecule has 0 aliphatic rings. The molecule has 2 aromatic rings. The van der Waals surface area contributed by atoms with Crippen molar-refractivity contribution >= 4 is 33.8 Å². The lowest BCUT2D eigenvalue weighted by Crippen LogP contribution is -2.41. The summed E-state index contributed by atoms with van der Waals surface area (Å²) in [6.07, 6.45) is 1.46. The molecule has 24 heavy (non-hydrogen) atoms. The summed E-state index contributed by atoms with van der Waals surface area (Å²) >= 11 is 3.15. The first-order chi connectivity index (χ1) is 11.5. The summed E-state index contributed by atoms with van der Waals surface area (Å²) in [5.41, 5.74) is -0.0977. The molecule has 3 N–H and O–H groups in total. The number of phenolic OH excluding ortho intramolecular Hbond substituents is 1. The Hall–Kier alpha value is -2.81. The number of amides is 3. The molecule has 9 heteroatoms. The van der Waals surface area contributed by atoms with Crippen LogP contribution in [0.25, 0.3) is 0 Å². The first kappa shape index (κ1) is 17.5. The van der Waals surface area contributed by atoms with Gasteiger partial charge in [-0.1, -0.05) is 15.9 Å². The van der Waals surface area contributed by atoms with Crippen LogP contribution in [-0.2, 0) is 16.1 Å². The predicted molar refractivity (Wildman–Crippen MR) is 85.2 cm³/mol. The summed E-state index contributed by atoms with van der Waals surface area (Å²) in [6.45, 7) is -0.559. The molecule has 1 heterocycles. The van der Waals surface area contributed by atoms with Crippen molar-refractivity contribution in [1.82, 2.24) is 10.6 Å². The number of nitrogens with one attached hydrogen (secondary N) is 2. The lowest BCUT2D eigenvalue weighted by Gasteiger charge is -2.08. The molecule has 1 aromatic heterocycles. The number of phenols is 1. The van der Waals surface area contributed by atoms with E-state index >= 15 is 0 Å². The third kappa shape index (κ3) is 5.13. The van der Waals surface area contributed by atoms with Crippen LogP contribution in [-0.4, -0.2) is 29.6 Å². The first-order valence-corrected chi connectivity index (χ1v) is 7.50. The fraction of sp³-hybridized carbons (Fsp3) is 0.133. The van der Waals surface area contributed by atoms with Crippen LogP contribution in [0.1, 0.15) is 16.1 Å². The van der Waals surface area contributed by atoms with Crippen molar-refractivity contribution < 1.29 is 28.6 Å². The van der Waals surface area contributed by atoms with E-state index in [0.29, 0.717) is 10.2 Å². The Morgan fingerprint density at radius 2 is 2.04 bits per heavy atom. The summed E-state index contributed by atoms with van der Waals surface area (Å²) in [5, 5.41) is 14.0. The lowest BCUT2D eigenvalue weighted by molar-refractivity contribution is -0.123. The van der Waals surface area contributed by atoms with E-state index in [1.54, 1.807) is 18.2 Å². The highest BCUT2D eigenvalue weighted by Crippen LogP contribution is 2.22. The van der Waals surface area contributed by atoms with Crippen LogP contribution >= 0.6 is 15.9 Å². The Morgan fingerprint density at radius 1 is 1.25 bits per heavy atom. The number of hydrogen-bond donors (Lipinski definition) is 3.